The molecule has 11 heteroatoms. The van der Waals surface area contributed by atoms with Crippen LogP contribution in [0.2, 0.25) is 0 Å². The average molecular weight is 501 g/mol. The molecule has 1 aliphatic heterocycles. The molecule has 0 aliphatic carbocycles. The van der Waals surface area contributed by atoms with Crippen molar-refractivity contribution in [1.29, 1.82) is 0 Å². The smallest absolute Gasteiger partial charge is 0.319 e. The lowest BCUT2D eigenvalue weighted by Gasteiger charge is -2.33. The van der Waals surface area contributed by atoms with Gasteiger partial charge in [-0.1, -0.05) is 6.07 Å². The topological polar surface area (TPSA) is 153 Å². The predicted molar refractivity (Wildman–Crippen MR) is 134 cm³/mol. The number of nitrogens with two attached hydrogens (primary N) is 1. The molecule has 1 fully saturated rings. The Morgan fingerprint density at radius 1 is 1.25 bits per heavy atom. The van der Waals surface area contributed by atoms with Crippen LogP contribution in [0.25, 0.3) is 0 Å². The van der Waals surface area contributed by atoms with Gasteiger partial charge in [-0.05, 0) is 52.2 Å². The lowest BCUT2D eigenvalue weighted by Crippen LogP contribution is -2.39. The highest BCUT2D eigenvalue weighted by molar-refractivity contribution is 5.93. The summed E-state index contributed by atoms with van der Waals surface area (Å²) in [6, 6.07) is 5.53. The van der Waals surface area contributed by atoms with Gasteiger partial charge in [0.25, 0.3) is 11.8 Å². The highest BCUT2D eigenvalue weighted by Gasteiger charge is 2.26. The van der Waals surface area contributed by atoms with Crippen LogP contribution in [-0.2, 0) is 4.74 Å². The van der Waals surface area contributed by atoms with E-state index in [0.29, 0.717) is 31.2 Å². The molecular weight excluding hydrogens is 464 g/mol. The lowest BCUT2D eigenvalue weighted by atomic mass is 9.92. The van der Waals surface area contributed by atoms with Crippen molar-refractivity contribution in [2.24, 2.45) is 5.73 Å². The summed E-state index contributed by atoms with van der Waals surface area (Å²) in [5.74, 6) is -0.207. The number of piperidine rings is 1. The van der Waals surface area contributed by atoms with Crippen molar-refractivity contribution >= 4 is 17.6 Å². The highest BCUT2D eigenvalue weighted by atomic mass is 16.5. The number of aromatic nitrogens is 3. The second kappa shape index (κ2) is 11.6. The standard InChI is InChI=1S/C25H36N6O5/c1-15-6-7-18(28-21(15)22(26)32)17-8-10-31(11-9-17)20-12-19(23(33)27-14-25(3,4)34)29-24(30-20)36-16(2)13-35-5/h6-7,12,16-17,34H,8-11,13-14H2,1-5H3,(H2,26,32)(H,27,33)/t16-/m1/s1. The van der Waals surface area contributed by atoms with E-state index in [1.807, 2.05) is 26.0 Å². The molecule has 3 rings (SSSR count). The summed E-state index contributed by atoms with van der Waals surface area (Å²) < 4.78 is 10.9. The number of primary amides is 1. The number of anilines is 1. The van der Waals surface area contributed by atoms with Crippen LogP contribution < -0.4 is 20.7 Å². The van der Waals surface area contributed by atoms with Gasteiger partial charge in [0.2, 0.25) is 0 Å². The summed E-state index contributed by atoms with van der Waals surface area (Å²) in [5, 5.41) is 12.7. The van der Waals surface area contributed by atoms with Gasteiger partial charge in [-0.3, -0.25) is 9.59 Å². The lowest BCUT2D eigenvalue weighted by molar-refractivity contribution is 0.0688. The molecule has 2 aromatic heterocycles. The van der Waals surface area contributed by atoms with E-state index < -0.39 is 17.4 Å². The first-order valence-corrected chi connectivity index (χ1v) is 12.0. The molecule has 0 radical (unpaired) electrons. The van der Waals surface area contributed by atoms with Gasteiger partial charge in [0, 0.05) is 44.4 Å². The number of nitrogens with zero attached hydrogens (tertiary/aromatic N) is 4. The maximum atomic E-state index is 12.8. The molecule has 196 valence electrons. The van der Waals surface area contributed by atoms with E-state index >= 15 is 0 Å². The van der Waals surface area contributed by atoms with Crippen LogP contribution in [-0.4, -0.2) is 76.9 Å². The first-order chi connectivity index (χ1) is 17.0. The van der Waals surface area contributed by atoms with Gasteiger partial charge in [0.1, 0.15) is 23.3 Å². The molecule has 0 bridgehead atoms. The predicted octanol–water partition coefficient (Wildman–Crippen LogP) is 1.58. The fourth-order valence-electron chi connectivity index (χ4n) is 4.00. The highest BCUT2D eigenvalue weighted by Crippen LogP contribution is 2.30. The quantitative estimate of drug-likeness (QED) is 0.441. The van der Waals surface area contributed by atoms with Gasteiger partial charge in [0.15, 0.2) is 0 Å². The van der Waals surface area contributed by atoms with Crippen LogP contribution in [0.5, 0.6) is 6.01 Å². The summed E-state index contributed by atoms with van der Waals surface area (Å²) in [6.45, 7) is 8.62. The minimum absolute atomic E-state index is 0.0731. The molecule has 3 heterocycles. The first-order valence-electron chi connectivity index (χ1n) is 12.0. The molecule has 0 saturated carbocycles. The van der Waals surface area contributed by atoms with Crippen molar-refractivity contribution in [1.82, 2.24) is 20.3 Å². The SMILES string of the molecule is COC[C@@H](C)Oc1nc(C(=O)NCC(C)(C)O)cc(N2CCC(c3ccc(C)c(C(N)=O)n3)CC2)n1. The van der Waals surface area contributed by atoms with E-state index in [1.54, 1.807) is 27.0 Å². The van der Waals surface area contributed by atoms with E-state index in [4.69, 9.17) is 15.2 Å². The first kappa shape index (κ1) is 27.3. The number of ether oxygens (including phenoxy) is 2. The van der Waals surface area contributed by atoms with Gasteiger partial charge in [-0.25, -0.2) is 4.98 Å². The van der Waals surface area contributed by atoms with E-state index in [9.17, 15) is 14.7 Å². The Labute approximate surface area is 211 Å². The molecule has 2 amide bonds. The van der Waals surface area contributed by atoms with Crippen molar-refractivity contribution in [3.8, 4) is 6.01 Å². The monoisotopic (exact) mass is 500 g/mol. The third-order valence-electron chi connectivity index (χ3n) is 5.90. The number of aliphatic hydroxyl groups is 1. The third kappa shape index (κ3) is 7.34. The molecule has 11 nitrogen and oxygen atoms in total. The van der Waals surface area contributed by atoms with E-state index in [1.165, 1.54) is 0 Å². The van der Waals surface area contributed by atoms with E-state index in [-0.39, 0.29) is 30.3 Å². The van der Waals surface area contributed by atoms with Gasteiger partial charge in [0.05, 0.1) is 12.2 Å². The number of carbonyl (C=O) groups excluding carboxylic acids is 2. The number of aryl methyl sites for hydroxylation is 1. The minimum atomic E-state index is -1.06. The van der Waals surface area contributed by atoms with Crippen LogP contribution in [0, 0.1) is 6.92 Å². The van der Waals surface area contributed by atoms with Gasteiger partial charge in [-0.2, -0.15) is 9.97 Å². The summed E-state index contributed by atoms with van der Waals surface area (Å²) in [5.41, 5.74) is 6.48. The second-order valence-corrected chi connectivity index (χ2v) is 9.80. The zero-order valence-electron chi connectivity index (χ0n) is 21.6. The molecule has 0 aromatic carbocycles. The zero-order valence-corrected chi connectivity index (χ0v) is 21.6. The number of amides is 2. The van der Waals surface area contributed by atoms with Crippen LogP contribution in [0.15, 0.2) is 18.2 Å². The molecule has 0 spiro atoms. The Balaban J connectivity index is 1.78. The van der Waals surface area contributed by atoms with Crippen molar-refractivity contribution < 1.29 is 24.2 Å². The minimum Gasteiger partial charge on any atom is -0.458 e. The Morgan fingerprint density at radius 3 is 2.56 bits per heavy atom. The number of rotatable bonds is 10. The fourth-order valence-corrected chi connectivity index (χ4v) is 4.00. The third-order valence-corrected chi connectivity index (χ3v) is 5.90. The second-order valence-electron chi connectivity index (χ2n) is 9.80. The maximum Gasteiger partial charge on any atom is 0.319 e. The number of methoxy groups -OCH3 is 1. The van der Waals surface area contributed by atoms with Crippen LogP contribution in [0.4, 0.5) is 5.82 Å². The molecule has 1 atom stereocenters. The average Bonchev–Trinajstić information content (AvgIpc) is 2.82. The molecule has 0 unspecified atom stereocenters. The molecule has 1 saturated heterocycles. The Hall–Kier alpha value is -3.31. The fraction of sp³-hybridized carbons (Fsp3) is 0.560. The van der Waals surface area contributed by atoms with E-state index in [0.717, 1.165) is 24.1 Å². The number of nitrogens with one attached hydrogen (secondary N) is 1. The Kier molecular flexibility index (Phi) is 8.80. The van der Waals surface area contributed by atoms with Crippen molar-refractivity contribution in [3.05, 3.63) is 40.8 Å². The normalized spacial score (nSPS) is 15.4. The summed E-state index contributed by atoms with van der Waals surface area (Å²) in [6.07, 6.45) is 1.26. The molecule has 1 aliphatic rings. The van der Waals surface area contributed by atoms with Crippen molar-refractivity contribution in [2.45, 2.75) is 58.2 Å². The Bertz CT molecular complexity index is 1080. The van der Waals surface area contributed by atoms with Crippen LogP contribution in [0.3, 0.4) is 0 Å². The number of hydrogen-bond donors (Lipinski definition) is 3. The molecule has 36 heavy (non-hydrogen) atoms. The number of pyridine rings is 1. The van der Waals surface area contributed by atoms with Crippen molar-refractivity contribution in [3.63, 3.8) is 0 Å². The van der Waals surface area contributed by atoms with Gasteiger partial charge in [-0.15, -0.1) is 0 Å². The van der Waals surface area contributed by atoms with E-state index in [2.05, 4.69) is 25.2 Å². The van der Waals surface area contributed by atoms with Crippen LogP contribution >= 0.6 is 0 Å². The largest absolute Gasteiger partial charge is 0.458 e. The van der Waals surface area contributed by atoms with Gasteiger partial charge < -0.3 is 30.5 Å². The molecule has 4 N–H and O–H groups in total. The van der Waals surface area contributed by atoms with Crippen LogP contribution in [0.1, 0.15) is 71.8 Å². The maximum absolute atomic E-state index is 12.8. The molecular formula is C25H36N6O5. The number of hydrogen-bond acceptors (Lipinski definition) is 9. The zero-order chi connectivity index (χ0) is 26.5. The Morgan fingerprint density at radius 2 is 1.94 bits per heavy atom. The van der Waals surface area contributed by atoms with Crippen molar-refractivity contribution in [2.75, 3.05) is 38.3 Å². The summed E-state index contributed by atoms with van der Waals surface area (Å²) in [7, 11) is 1.58. The number of carbonyl (C=O) groups is 2. The molecule has 2 aromatic rings. The van der Waals surface area contributed by atoms with Gasteiger partial charge >= 0.3 is 6.01 Å². The summed E-state index contributed by atoms with van der Waals surface area (Å²) in [4.78, 5) is 39.9. The summed E-state index contributed by atoms with van der Waals surface area (Å²) >= 11 is 0.